The molecule has 0 spiro atoms. The van der Waals surface area contributed by atoms with Gasteiger partial charge >= 0.3 is 0 Å². The van der Waals surface area contributed by atoms with Gasteiger partial charge in [-0.15, -0.1) is 0 Å². The Morgan fingerprint density at radius 3 is 2.91 bits per heavy atom. The van der Waals surface area contributed by atoms with Gasteiger partial charge in [0.1, 0.15) is 18.3 Å². The number of hydrogen-bond donors (Lipinski definition) is 2. The minimum atomic E-state index is -0.264. The predicted molar refractivity (Wildman–Crippen MR) is 86.9 cm³/mol. The van der Waals surface area contributed by atoms with Crippen LogP contribution >= 0.6 is 11.6 Å². The molecule has 3 N–H and O–H groups in total. The molecule has 0 saturated carbocycles. The first-order chi connectivity index (χ1) is 11.1. The number of carbonyl (C=O) groups excluding carboxylic acids is 1. The lowest BCUT2D eigenvalue weighted by Gasteiger charge is -2.20. The molecule has 1 amide bonds. The quantitative estimate of drug-likeness (QED) is 0.746. The Balaban J connectivity index is 2.09. The highest BCUT2D eigenvalue weighted by Gasteiger charge is 2.18. The standard InChI is InChI=1S/C16H19ClN2O4/c1-21-15-3-2-12(17)9-14(15)16(20)19-13(4-6-18)8-11-5-7-22-23-10-11/h2-3,5,7,9-10,13H,4,6,8,18H2,1H3,(H,19,20)/t13-/m1/s1. The third kappa shape index (κ3) is 4.91. The molecule has 1 aliphatic heterocycles. The summed E-state index contributed by atoms with van der Waals surface area (Å²) >= 11 is 5.97. The Bertz CT molecular complexity index is 616. The average Bonchev–Trinajstić information content (AvgIpc) is 2.56. The van der Waals surface area contributed by atoms with Crippen molar-refractivity contribution in [3.8, 4) is 5.75 Å². The molecule has 1 heterocycles. The third-order valence-electron chi connectivity index (χ3n) is 3.33. The van der Waals surface area contributed by atoms with Gasteiger partial charge in [-0.1, -0.05) is 11.6 Å². The van der Waals surface area contributed by atoms with Crippen molar-refractivity contribution in [3.63, 3.8) is 0 Å². The molecule has 0 aliphatic carbocycles. The summed E-state index contributed by atoms with van der Waals surface area (Å²) in [6.45, 7) is 0.450. The van der Waals surface area contributed by atoms with E-state index in [2.05, 4.69) is 10.2 Å². The molecule has 0 aromatic heterocycles. The normalized spacial score (nSPS) is 14.3. The highest BCUT2D eigenvalue weighted by molar-refractivity contribution is 6.31. The summed E-state index contributed by atoms with van der Waals surface area (Å²) in [5.41, 5.74) is 6.92. The maximum atomic E-state index is 12.5. The third-order valence-corrected chi connectivity index (χ3v) is 3.57. The molecule has 1 atom stereocenters. The molecule has 1 aromatic carbocycles. The molecule has 0 saturated heterocycles. The van der Waals surface area contributed by atoms with Gasteiger partial charge in [0.05, 0.1) is 12.7 Å². The summed E-state index contributed by atoms with van der Waals surface area (Å²) < 4.78 is 5.21. The summed E-state index contributed by atoms with van der Waals surface area (Å²) in [5, 5.41) is 3.42. The van der Waals surface area contributed by atoms with Crippen molar-refractivity contribution in [3.05, 3.63) is 53.0 Å². The van der Waals surface area contributed by atoms with Crippen molar-refractivity contribution < 1.29 is 19.3 Å². The fourth-order valence-electron chi connectivity index (χ4n) is 2.22. The number of allylic oxidation sites excluding steroid dienone is 1. The first-order valence-electron chi connectivity index (χ1n) is 7.16. The van der Waals surface area contributed by atoms with Gasteiger partial charge in [-0.2, -0.15) is 0 Å². The van der Waals surface area contributed by atoms with Crippen LogP contribution in [0.15, 0.2) is 42.4 Å². The van der Waals surface area contributed by atoms with Gasteiger partial charge in [0, 0.05) is 11.1 Å². The van der Waals surface area contributed by atoms with Crippen LogP contribution in [0, 0.1) is 0 Å². The van der Waals surface area contributed by atoms with Crippen LogP contribution in [0.25, 0.3) is 0 Å². The minimum Gasteiger partial charge on any atom is -0.496 e. The van der Waals surface area contributed by atoms with Crippen LogP contribution in [0.4, 0.5) is 0 Å². The first kappa shape index (κ1) is 17.2. The Morgan fingerprint density at radius 2 is 2.26 bits per heavy atom. The van der Waals surface area contributed by atoms with Gasteiger partial charge < -0.3 is 15.8 Å². The highest BCUT2D eigenvalue weighted by Crippen LogP contribution is 2.23. The Labute approximate surface area is 139 Å². The SMILES string of the molecule is COc1ccc(Cl)cc1C(=O)N[C@H](CCN)CC1=COOC=C1. The van der Waals surface area contributed by atoms with Crippen LogP contribution in [-0.4, -0.2) is 25.6 Å². The number of nitrogens with one attached hydrogen (secondary N) is 1. The number of rotatable bonds is 7. The molecule has 6 nitrogen and oxygen atoms in total. The van der Waals surface area contributed by atoms with Crippen molar-refractivity contribution in [2.24, 2.45) is 5.73 Å². The lowest BCUT2D eigenvalue weighted by atomic mass is 10.0. The zero-order valence-electron chi connectivity index (χ0n) is 12.8. The smallest absolute Gasteiger partial charge is 0.255 e. The van der Waals surface area contributed by atoms with Crippen LogP contribution in [0.3, 0.4) is 0 Å². The number of carbonyl (C=O) groups is 1. The Morgan fingerprint density at radius 1 is 1.43 bits per heavy atom. The van der Waals surface area contributed by atoms with Crippen LogP contribution in [-0.2, 0) is 9.78 Å². The summed E-state index contributed by atoms with van der Waals surface area (Å²) in [6, 6.07) is 4.76. The van der Waals surface area contributed by atoms with Crippen LogP contribution in [0.5, 0.6) is 5.75 Å². The number of amides is 1. The molecule has 0 radical (unpaired) electrons. The fraction of sp³-hybridized carbons (Fsp3) is 0.312. The number of ether oxygens (including phenoxy) is 1. The van der Waals surface area contributed by atoms with Crippen LogP contribution in [0.2, 0.25) is 5.02 Å². The number of nitrogens with two attached hydrogens (primary N) is 1. The summed E-state index contributed by atoms with van der Waals surface area (Å²) in [7, 11) is 1.51. The predicted octanol–water partition coefficient (Wildman–Crippen LogP) is 2.55. The van der Waals surface area contributed by atoms with Crippen molar-refractivity contribution in [2.75, 3.05) is 13.7 Å². The lowest BCUT2D eigenvalue weighted by Crippen LogP contribution is -2.37. The van der Waals surface area contributed by atoms with Gasteiger partial charge in [0.15, 0.2) is 0 Å². The van der Waals surface area contributed by atoms with Crippen molar-refractivity contribution in [2.45, 2.75) is 18.9 Å². The topological polar surface area (TPSA) is 82.8 Å². The second kappa shape index (κ2) is 8.45. The molecule has 7 heteroatoms. The highest BCUT2D eigenvalue weighted by atomic mass is 35.5. The average molecular weight is 339 g/mol. The molecule has 0 unspecified atom stereocenters. The lowest BCUT2D eigenvalue weighted by molar-refractivity contribution is -0.199. The number of hydrogen-bond acceptors (Lipinski definition) is 5. The first-order valence-corrected chi connectivity index (χ1v) is 7.54. The van der Waals surface area contributed by atoms with Gasteiger partial charge in [0.2, 0.25) is 0 Å². The summed E-state index contributed by atoms with van der Waals surface area (Å²) in [4.78, 5) is 21.9. The van der Waals surface area contributed by atoms with E-state index in [-0.39, 0.29) is 11.9 Å². The van der Waals surface area contributed by atoms with E-state index in [1.807, 2.05) is 0 Å². The monoisotopic (exact) mass is 338 g/mol. The molecule has 1 aliphatic rings. The maximum Gasteiger partial charge on any atom is 0.255 e. The van der Waals surface area contributed by atoms with Crippen LogP contribution < -0.4 is 15.8 Å². The van der Waals surface area contributed by atoms with E-state index in [4.69, 9.17) is 27.0 Å². The van der Waals surface area contributed by atoms with E-state index < -0.39 is 0 Å². The second-order valence-corrected chi connectivity index (χ2v) is 5.42. The number of benzene rings is 1. The van der Waals surface area contributed by atoms with E-state index in [9.17, 15) is 4.79 Å². The second-order valence-electron chi connectivity index (χ2n) is 4.98. The molecule has 1 aromatic rings. The molecule has 0 fully saturated rings. The zero-order chi connectivity index (χ0) is 16.7. The Kier molecular flexibility index (Phi) is 6.31. The molecular weight excluding hydrogens is 320 g/mol. The maximum absolute atomic E-state index is 12.5. The summed E-state index contributed by atoms with van der Waals surface area (Å²) in [5.74, 6) is 0.201. The van der Waals surface area contributed by atoms with Gasteiger partial charge in [0.25, 0.3) is 5.91 Å². The molecule has 0 bridgehead atoms. The van der Waals surface area contributed by atoms with E-state index >= 15 is 0 Å². The largest absolute Gasteiger partial charge is 0.496 e. The van der Waals surface area contributed by atoms with Crippen molar-refractivity contribution in [1.29, 1.82) is 0 Å². The zero-order valence-corrected chi connectivity index (χ0v) is 13.5. The van der Waals surface area contributed by atoms with E-state index in [1.165, 1.54) is 19.6 Å². The van der Waals surface area contributed by atoms with Gasteiger partial charge in [-0.25, -0.2) is 0 Å². The van der Waals surface area contributed by atoms with Gasteiger partial charge in [-0.05, 0) is 49.2 Å². The molecular formula is C16H19ClN2O4. The molecule has 23 heavy (non-hydrogen) atoms. The van der Waals surface area contributed by atoms with Crippen molar-refractivity contribution in [1.82, 2.24) is 5.32 Å². The Hall–Kier alpha value is -2.18. The molecule has 124 valence electrons. The van der Waals surface area contributed by atoms with E-state index in [0.717, 1.165) is 5.57 Å². The molecule has 2 rings (SSSR count). The number of halogens is 1. The number of methoxy groups -OCH3 is 1. The van der Waals surface area contributed by atoms with E-state index in [0.29, 0.717) is 35.7 Å². The van der Waals surface area contributed by atoms with E-state index in [1.54, 1.807) is 24.3 Å². The minimum absolute atomic E-state index is 0.145. The van der Waals surface area contributed by atoms with Crippen molar-refractivity contribution >= 4 is 17.5 Å². The van der Waals surface area contributed by atoms with Crippen LogP contribution in [0.1, 0.15) is 23.2 Å². The fourth-order valence-corrected chi connectivity index (χ4v) is 2.40. The summed E-state index contributed by atoms with van der Waals surface area (Å²) in [6.07, 6.45) is 5.91. The van der Waals surface area contributed by atoms with Gasteiger partial charge in [-0.3, -0.25) is 14.6 Å².